The number of benzene rings is 1. The largest absolute Gasteiger partial charge is 0.496 e. The number of methoxy groups -OCH3 is 1. The molecule has 2 aromatic rings. The summed E-state index contributed by atoms with van der Waals surface area (Å²) in [5.41, 5.74) is 1.04. The van der Waals surface area contributed by atoms with E-state index in [0.717, 1.165) is 12.0 Å². The summed E-state index contributed by atoms with van der Waals surface area (Å²) in [6.07, 6.45) is 2.29. The molecule has 0 aliphatic heterocycles. The Morgan fingerprint density at radius 2 is 2.00 bits per heavy atom. The molecule has 2 N–H and O–H groups in total. The van der Waals surface area contributed by atoms with E-state index in [1.54, 1.807) is 12.1 Å². The zero-order valence-corrected chi connectivity index (χ0v) is 15.2. The first kappa shape index (κ1) is 18.7. The summed E-state index contributed by atoms with van der Waals surface area (Å²) >= 11 is 0. The lowest BCUT2D eigenvalue weighted by molar-refractivity contribution is 0.0950. The maximum Gasteiger partial charge on any atom is 0.263 e. The molecule has 8 heteroatoms. The highest BCUT2D eigenvalue weighted by Crippen LogP contribution is 2.24. The molecule has 1 amide bonds. The van der Waals surface area contributed by atoms with Crippen LogP contribution < -0.4 is 14.8 Å². The van der Waals surface area contributed by atoms with Gasteiger partial charge in [-0.05, 0) is 49.2 Å². The number of carbonyl (C=O) groups is 1. The number of pyridine rings is 1. The number of hydrogen-bond donors (Lipinski definition) is 2. The molecule has 0 aliphatic carbocycles. The fourth-order valence-corrected chi connectivity index (χ4v) is 3.18. The van der Waals surface area contributed by atoms with Crippen molar-refractivity contribution in [3.05, 3.63) is 47.7 Å². The Balaban J connectivity index is 2.36. The smallest absolute Gasteiger partial charge is 0.263 e. The van der Waals surface area contributed by atoms with E-state index < -0.39 is 10.0 Å². The highest BCUT2D eigenvalue weighted by Gasteiger charge is 2.20. The summed E-state index contributed by atoms with van der Waals surface area (Å²) in [5.74, 6) is 0.137. The molecule has 0 saturated carbocycles. The number of aryl methyl sites for hydroxylation is 1. The third-order valence-electron chi connectivity index (χ3n) is 3.42. The molecular weight excluding hydrogens is 342 g/mol. The van der Waals surface area contributed by atoms with Gasteiger partial charge >= 0.3 is 0 Å². The first-order chi connectivity index (χ1) is 11.9. The van der Waals surface area contributed by atoms with E-state index in [0.29, 0.717) is 12.3 Å². The average molecular weight is 363 g/mol. The summed E-state index contributed by atoms with van der Waals surface area (Å²) in [7, 11) is -2.45. The minimum atomic E-state index is -3.88. The Kier molecular flexibility index (Phi) is 5.97. The van der Waals surface area contributed by atoms with Crippen molar-refractivity contribution >= 4 is 21.7 Å². The van der Waals surface area contributed by atoms with E-state index in [1.165, 1.54) is 31.5 Å². The first-order valence-electron chi connectivity index (χ1n) is 7.79. The van der Waals surface area contributed by atoms with Crippen LogP contribution in [-0.4, -0.2) is 33.0 Å². The molecule has 1 aromatic heterocycles. The van der Waals surface area contributed by atoms with E-state index in [9.17, 15) is 13.2 Å². The van der Waals surface area contributed by atoms with Gasteiger partial charge in [0.25, 0.3) is 15.9 Å². The third kappa shape index (κ3) is 4.69. The van der Waals surface area contributed by atoms with Crippen molar-refractivity contribution in [1.29, 1.82) is 0 Å². The number of anilines is 1. The minimum Gasteiger partial charge on any atom is -0.496 e. The normalized spacial score (nSPS) is 11.0. The quantitative estimate of drug-likeness (QED) is 0.787. The molecule has 2 rings (SSSR count). The molecule has 7 nitrogen and oxygen atoms in total. The Bertz CT molecular complexity index is 866. The summed E-state index contributed by atoms with van der Waals surface area (Å²) in [6, 6.07) is 7.52. The standard InChI is InChI=1S/C17H21N3O4S/c1-4-8-19-17(21)14-11-13(5-6-15(14)24-3)25(22,23)20-16-10-12(2)7-9-18-16/h5-7,9-11H,4,8H2,1-3H3,(H,18,20)(H,19,21). The zero-order valence-electron chi connectivity index (χ0n) is 14.4. The van der Waals surface area contributed by atoms with Gasteiger partial charge in [0.15, 0.2) is 0 Å². The van der Waals surface area contributed by atoms with Crippen molar-refractivity contribution in [2.45, 2.75) is 25.2 Å². The maximum atomic E-state index is 12.6. The van der Waals surface area contributed by atoms with Gasteiger partial charge in [-0.15, -0.1) is 0 Å². The van der Waals surface area contributed by atoms with E-state index in [1.807, 2.05) is 13.8 Å². The molecule has 0 bridgehead atoms. The van der Waals surface area contributed by atoms with Crippen LogP contribution in [0.15, 0.2) is 41.4 Å². The molecule has 1 aromatic carbocycles. The van der Waals surface area contributed by atoms with Crippen molar-refractivity contribution in [3.8, 4) is 5.75 Å². The van der Waals surface area contributed by atoms with Gasteiger partial charge in [-0.1, -0.05) is 6.92 Å². The molecule has 25 heavy (non-hydrogen) atoms. The average Bonchev–Trinajstić information content (AvgIpc) is 2.58. The van der Waals surface area contributed by atoms with Gasteiger partial charge in [-0.2, -0.15) is 0 Å². The first-order valence-corrected chi connectivity index (χ1v) is 9.27. The van der Waals surface area contributed by atoms with Gasteiger partial charge in [0.1, 0.15) is 11.6 Å². The van der Waals surface area contributed by atoms with Gasteiger partial charge in [0, 0.05) is 12.7 Å². The van der Waals surface area contributed by atoms with Crippen molar-refractivity contribution in [2.24, 2.45) is 0 Å². The summed E-state index contributed by atoms with van der Waals surface area (Å²) in [6.45, 7) is 4.25. The van der Waals surface area contributed by atoms with E-state index in [-0.39, 0.29) is 22.2 Å². The number of sulfonamides is 1. The molecule has 0 saturated heterocycles. The Morgan fingerprint density at radius 3 is 2.64 bits per heavy atom. The fourth-order valence-electron chi connectivity index (χ4n) is 2.15. The number of nitrogens with zero attached hydrogens (tertiary/aromatic N) is 1. The topological polar surface area (TPSA) is 97.4 Å². The molecule has 0 fully saturated rings. The second-order valence-corrected chi connectivity index (χ2v) is 7.12. The third-order valence-corrected chi connectivity index (χ3v) is 4.77. The predicted molar refractivity (Wildman–Crippen MR) is 95.4 cm³/mol. The van der Waals surface area contributed by atoms with Crippen molar-refractivity contribution < 1.29 is 17.9 Å². The van der Waals surface area contributed by atoms with Gasteiger partial charge in [0.2, 0.25) is 0 Å². The van der Waals surface area contributed by atoms with E-state index >= 15 is 0 Å². The van der Waals surface area contributed by atoms with Crippen molar-refractivity contribution in [1.82, 2.24) is 10.3 Å². The highest BCUT2D eigenvalue weighted by molar-refractivity contribution is 7.92. The minimum absolute atomic E-state index is 0.0433. The van der Waals surface area contributed by atoms with E-state index in [4.69, 9.17) is 4.74 Å². The summed E-state index contributed by atoms with van der Waals surface area (Å²) in [4.78, 5) is 16.2. The van der Waals surface area contributed by atoms with Crippen LogP contribution in [0.5, 0.6) is 5.75 Å². The van der Waals surface area contributed by atoms with Crippen LogP contribution in [0.2, 0.25) is 0 Å². The molecule has 0 atom stereocenters. The summed E-state index contributed by atoms with van der Waals surface area (Å²) < 4.78 is 32.7. The van der Waals surface area contributed by atoms with Crippen LogP contribution in [0, 0.1) is 6.92 Å². The van der Waals surface area contributed by atoms with Crippen LogP contribution in [0.1, 0.15) is 29.3 Å². The second kappa shape index (κ2) is 7.98. The molecule has 134 valence electrons. The summed E-state index contributed by atoms with van der Waals surface area (Å²) in [5, 5.41) is 2.71. The van der Waals surface area contributed by atoms with Crippen LogP contribution in [-0.2, 0) is 10.0 Å². The molecular formula is C17H21N3O4S. The maximum absolute atomic E-state index is 12.6. The number of rotatable bonds is 7. The number of carbonyl (C=O) groups excluding carboxylic acids is 1. The highest BCUT2D eigenvalue weighted by atomic mass is 32.2. The Morgan fingerprint density at radius 1 is 1.24 bits per heavy atom. The van der Waals surface area contributed by atoms with Gasteiger partial charge in [-0.3, -0.25) is 9.52 Å². The van der Waals surface area contributed by atoms with Gasteiger partial charge in [-0.25, -0.2) is 13.4 Å². The van der Waals surface area contributed by atoms with Crippen LogP contribution >= 0.6 is 0 Å². The number of hydrogen-bond acceptors (Lipinski definition) is 5. The number of amides is 1. The molecule has 0 aliphatic rings. The Labute approximate surface area is 147 Å². The lowest BCUT2D eigenvalue weighted by Crippen LogP contribution is -2.25. The fraction of sp³-hybridized carbons (Fsp3) is 0.294. The SMILES string of the molecule is CCCNC(=O)c1cc(S(=O)(=O)Nc2cc(C)ccn2)ccc1OC. The Hall–Kier alpha value is -2.61. The molecule has 1 heterocycles. The lowest BCUT2D eigenvalue weighted by atomic mass is 10.2. The monoisotopic (exact) mass is 363 g/mol. The lowest BCUT2D eigenvalue weighted by Gasteiger charge is -2.12. The van der Waals surface area contributed by atoms with E-state index in [2.05, 4.69) is 15.0 Å². The van der Waals surface area contributed by atoms with Crippen LogP contribution in [0.3, 0.4) is 0 Å². The van der Waals surface area contributed by atoms with Crippen molar-refractivity contribution in [2.75, 3.05) is 18.4 Å². The van der Waals surface area contributed by atoms with Crippen molar-refractivity contribution in [3.63, 3.8) is 0 Å². The second-order valence-electron chi connectivity index (χ2n) is 5.44. The predicted octanol–water partition coefficient (Wildman–Crippen LogP) is 2.34. The molecule has 0 spiro atoms. The number of ether oxygens (including phenoxy) is 1. The number of nitrogens with one attached hydrogen (secondary N) is 2. The van der Waals surface area contributed by atoms with Crippen LogP contribution in [0.25, 0.3) is 0 Å². The van der Waals surface area contributed by atoms with Gasteiger partial charge in [0.05, 0.1) is 17.6 Å². The van der Waals surface area contributed by atoms with Gasteiger partial charge < -0.3 is 10.1 Å². The molecule has 0 unspecified atom stereocenters. The van der Waals surface area contributed by atoms with Crippen LogP contribution in [0.4, 0.5) is 5.82 Å². The number of aromatic nitrogens is 1. The molecule has 0 radical (unpaired) electrons. The zero-order chi connectivity index (χ0) is 18.4.